The number of nitrogens with one attached hydrogen (secondary N) is 3. The number of carbonyl (C=O) groups excluding carboxylic acids is 2. The maximum Gasteiger partial charge on any atom is 0.327 e. The van der Waals surface area contributed by atoms with Gasteiger partial charge in [-0.25, -0.2) is 4.79 Å². The van der Waals surface area contributed by atoms with Crippen molar-refractivity contribution in [2.24, 2.45) is 0 Å². The normalized spacial score (nSPS) is 25.3. The van der Waals surface area contributed by atoms with E-state index in [-0.39, 0.29) is 29.6 Å². The third-order valence-corrected chi connectivity index (χ3v) is 9.10. The first-order valence-corrected chi connectivity index (χ1v) is 13.7. The Morgan fingerprint density at radius 3 is 2.47 bits per heavy atom. The number of aromatic amines is 1. The molecule has 4 fully saturated rings. The predicted octanol–water partition coefficient (Wildman–Crippen LogP) is 1.92. The van der Waals surface area contributed by atoms with E-state index in [1.807, 2.05) is 35.0 Å². The molecule has 38 heavy (non-hydrogen) atoms. The number of hydrogen-bond donors (Lipinski definition) is 3. The van der Waals surface area contributed by atoms with Crippen molar-refractivity contribution in [1.29, 1.82) is 0 Å². The van der Waals surface area contributed by atoms with Crippen LogP contribution in [0.2, 0.25) is 0 Å². The fourth-order valence-electron chi connectivity index (χ4n) is 6.74. The van der Waals surface area contributed by atoms with Crippen LogP contribution >= 0.6 is 0 Å². The van der Waals surface area contributed by atoms with Crippen LogP contribution in [0.15, 0.2) is 46.1 Å². The molecule has 3 aliphatic heterocycles. The molecule has 198 valence electrons. The number of pyridine rings is 1. The lowest BCUT2D eigenvalue weighted by molar-refractivity contribution is -0.135. The summed E-state index contributed by atoms with van der Waals surface area (Å²) in [6, 6.07) is 9.24. The topological polar surface area (TPSA) is 121 Å². The largest absolute Gasteiger partial charge is 0.371 e. The Kier molecular flexibility index (Phi) is 5.36. The van der Waals surface area contributed by atoms with Gasteiger partial charge in [0.2, 0.25) is 11.8 Å². The fraction of sp³-hybridized carbons (Fsp3) is 0.500. The van der Waals surface area contributed by atoms with Crippen LogP contribution in [0.25, 0.3) is 11.0 Å². The van der Waals surface area contributed by atoms with Gasteiger partial charge in [-0.15, -0.1) is 0 Å². The van der Waals surface area contributed by atoms with Crippen LogP contribution < -0.4 is 26.8 Å². The molecule has 1 aromatic carbocycles. The summed E-state index contributed by atoms with van der Waals surface area (Å²) in [6.45, 7) is 2.57. The number of fused-ring (bicyclic) bond motifs is 1. The molecule has 1 spiro atoms. The number of nitrogens with zero attached hydrogens (tertiary/aromatic N) is 3. The Morgan fingerprint density at radius 1 is 0.947 bits per heavy atom. The summed E-state index contributed by atoms with van der Waals surface area (Å²) in [5.74, 6) is -0.307. The molecule has 2 atom stereocenters. The Hall–Kier alpha value is -3.66. The fourth-order valence-corrected chi connectivity index (χ4v) is 6.74. The van der Waals surface area contributed by atoms with Crippen molar-refractivity contribution in [3.63, 3.8) is 0 Å². The van der Waals surface area contributed by atoms with Gasteiger partial charge in [0, 0.05) is 55.6 Å². The quantitative estimate of drug-likeness (QED) is 0.456. The molecule has 7 rings (SSSR count). The lowest BCUT2D eigenvalue weighted by atomic mass is 9.96. The zero-order valence-electron chi connectivity index (χ0n) is 21.2. The molecule has 5 heterocycles. The number of amides is 2. The molecular formula is C28H32N6O4. The number of benzene rings is 1. The van der Waals surface area contributed by atoms with E-state index in [2.05, 4.69) is 26.6 Å². The minimum atomic E-state index is -0.694. The van der Waals surface area contributed by atoms with E-state index in [0.29, 0.717) is 28.9 Å². The highest BCUT2D eigenvalue weighted by Crippen LogP contribution is 2.47. The van der Waals surface area contributed by atoms with E-state index >= 15 is 0 Å². The van der Waals surface area contributed by atoms with Gasteiger partial charge in [0.15, 0.2) is 0 Å². The van der Waals surface area contributed by atoms with E-state index in [1.54, 1.807) is 0 Å². The monoisotopic (exact) mass is 516 g/mol. The SMILES string of the molecule is O=C1CCC(n2c(=O)[nH]c3cc(N4CCC(n5ccc([C@@H]6CNC7(CC7)C6)cc5=O)CC4)ccc32)C(=O)N1. The Labute approximate surface area is 219 Å². The second-order valence-electron chi connectivity index (χ2n) is 11.5. The third-order valence-electron chi connectivity index (χ3n) is 9.10. The van der Waals surface area contributed by atoms with Crippen LogP contribution in [0.1, 0.15) is 68.5 Å². The molecule has 1 unspecified atom stereocenters. The summed E-state index contributed by atoms with van der Waals surface area (Å²) in [5.41, 5.74) is 3.57. The van der Waals surface area contributed by atoms with Crippen molar-refractivity contribution < 1.29 is 9.59 Å². The highest BCUT2D eigenvalue weighted by Gasteiger charge is 2.48. The number of hydrogen-bond acceptors (Lipinski definition) is 6. The number of rotatable bonds is 4. The van der Waals surface area contributed by atoms with E-state index in [9.17, 15) is 19.2 Å². The zero-order chi connectivity index (χ0) is 26.0. The second-order valence-corrected chi connectivity index (χ2v) is 11.5. The maximum atomic E-state index is 13.0. The zero-order valence-corrected chi connectivity index (χ0v) is 21.2. The van der Waals surface area contributed by atoms with Crippen LogP contribution in [0, 0.1) is 0 Å². The number of imidazole rings is 1. The second kappa shape index (κ2) is 8.69. The Balaban J connectivity index is 1.05. The lowest BCUT2D eigenvalue weighted by Gasteiger charge is -2.34. The first-order chi connectivity index (χ1) is 18.4. The molecule has 1 aliphatic carbocycles. The summed E-state index contributed by atoms with van der Waals surface area (Å²) in [6.07, 6.45) is 7.89. The molecule has 10 heteroatoms. The third kappa shape index (κ3) is 3.98. The number of anilines is 1. The summed E-state index contributed by atoms with van der Waals surface area (Å²) >= 11 is 0. The molecule has 3 saturated heterocycles. The molecule has 2 amide bonds. The molecule has 4 aliphatic rings. The lowest BCUT2D eigenvalue weighted by Crippen LogP contribution is -2.43. The molecule has 2 aromatic heterocycles. The standard InChI is InChI=1S/C28H32N6O4/c35-24-4-3-23(26(37)31-24)34-22-2-1-20(14-21(22)30-27(34)38)32-10-6-19(7-11-32)33-12-5-17(13-25(33)36)18-15-28(8-9-28)29-16-18/h1-2,5,12-14,18-19,23,29H,3-4,6-11,15-16H2,(H,30,38)(H,31,35,37)/t18-,23?/m0/s1. The first-order valence-electron chi connectivity index (χ1n) is 13.7. The molecule has 0 radical (unpaired) electrons. The van der Waals surface area contributed by atoms with E-state index in [4.69, 9.17) is 0 Å². The van der Waals surface area contributed by atoms with Gasteiger partial charge in [-0.3, -0.25) is 24.3 Å². The number of piperidine rings is 2. The van der Waals surface area contributed by atoms with Crippen LogP contribution in [-0.2, 0) is 9.59 Å². The van der Waals surface area contributed by atoms with Crippen molar-refractivity contribution in [3.8, 4) is 0 Å². The molecular weight excluding hydrogens is 484 g/mol. The van der Waals surface area contributed by atoms with Gasteiger partial charge in [0.05, 0.1) is 11.0 Å². The van der Waals surface area contributed by atoms with Gasteiger partial charge in [-0.05, 0) is 74.3 Å². The maximum absolute atomic E-state index is 13.0. The Morgan fingerprint density at radius 2 is 1.76 bits per heavy atom. The van der Waals surface area contributed by atoms with Gasteiger partial charge in [-0.2, -0.15) is 0 Å². The molecule has 10 nitrogen and oxygen atoms in total. The summed E-state index contributed by atoms with van der Waals surface area (Å²) in [7, 11) is 0. The first kappa shape index (κ1) is 23.5. The molecule has 0 bridgehead atoms. The van der Waals surface area contributed by atoms with Crippen LogP contribution in [0.4, 0.5) is 5.69 Å². The highest BCUT2D eigenvalue weighted by molar-refractivity contribution is 6.00. The van der Waals surface area contributed by atoms with E-state index < -0.39 is 11.9 Å². The summed E-state index contributed by atoms with van der Waals surface area (Å²) in [4.78, 5) is 54.8. The summed E-state index contributed by atoms with van der Waals surface area (Å²) in [5, 5.41) is 5.97. The number of aromatic nitrogens is 3. The van der Waals surface area contributed by atoms with Crippen LogP contribution in [0.3, 0.4) is 0 Å². The van der Waals surface area contributed by atoms with Crippen LogP contribution in [-0.4, -0.2) is 51.1 Å². The van der Waals surface area contributed by atoms with E-state index in [0.717, 1.165) is 50.1 Å². The average Bonchev–Trinajstić information content (AvgIpc) is 3.41. The minimum absolute atomic E-state index is 0.0893. The van der Waals surface area contributed by atoms with Crippen molar-refractivity contribution in [3.05, 3.63) is 62.9 Å². The number of H-pyrrole nitrogens is 1. The smallest absolute Gasteiger partial charge is 0.327 e. The highest BCUT2D eigenvalue weighted by atomic mass is 16.2. The van der Waals surface area contributed by atoms with Gasteiger partial charge in [-0.1, -0.05) is 0 Å². The van der Waals surface area contributed by atoms with Crippen molar-refractivity contribution in [2.75, 3.05) is 24.5 Å². The van der Waals surface area contributed by atoms with Crippen LogP contribution in [0.5, 0.6) is 0 Å². The van der Waals surface area contributed by atoms with Crippen molar-refractivity contribution in [1.82, 2.24) is 24.8 Å². The van der Waals surface area contributed by atoms with Gasteiger partial charge in [0.1, 0.15) is 6.04 Å². The number of imide groups is 1. The predicted molar refractivity (Wildman–Crippen MR) is 142 cm³/mol. The molecule has 1 saturated carbocycles. The van der Waals surface area contributed by atoms with Gasteiger partial charge < -0.3 is 19.8 Å². The van der Waals surface area contributed by atoms with Gasteiger partial charge >= 0.3 is 5.69 Å². The molecule has 3 aromatic rings. The van der Waals surface area contributed by atoms with E-state index in [1.165, 1.54) is 17.4 Å². The Bertz CT molecular complexity index is 1560. The van der Waals surface area contributed by atoms with Gasteiger partial charge in [0.25, 0.3) is 5.56 Å². The minimum Gasteiger partial charge on any atom is -0.371 e. The van der Waals surface area contributed by atoms with Crippen molar-refractivity contribution >= 4 is 28.5 Å². The number of carbonyl (C=O) groups is 2. The average molecular weight is 517 g/mol. The molecule has 3 N–H and O–H groups in total. The van der Waals surface area contributed by atoms with Crippen molar-refractivity contribution in [2.45, 2.75) is 68.5 Å². The summed E-state index contributed by atoms with van der Waals surface area (Å²) < 4.78 is 3.35.